The topological polar surface area (TPSA) is 184 Å². The fourth-order valence-electron chi connectivity index (χ4n) is 4.65. The van der Waals surface area contributed by atoms with Gasteiger partial charge in [-0.25, -0.2) is 9.59 Å². The second-order valence-corrected chi connectivity index (χ2v) is 10.4. The molecule has 2 unspecified atom stereocenters. The summed E-state index contributed by atoms with van der Waals surface area (Å²) in [6.07, 6.45) is 1.19. The lowest BCUT2D eigenvalue weighted by Crippen LogP contribution is -2.59. The second-order valence-electron chi connectivity index (χ2n) is 10.4. The molecule has 8 N–H and O–H groups in total. The molecule has 3 fully saturated rings. The highest BCUT2D eigenvalue weighted by molar-refractivity contribution is 5.68. The van der Waals surface area contributed by atoms with Crippen LogP contribution in [0.3, 0.4) is 0 Å². The van der Waals surface area contributed by atoms with Gasteiger partial charge >= 0.3 is 12.2 Å². The Balaban J connectivity index is 0.000000711. The van der Waals surface area contributed by atoms with Crippen LogP contribution in [-0.2, 0) is 27.4 Å². The van der Waals surface area contributed by atoms with Gasteiger partial charge < -0.3 is 46.5 Å². The molecule has 2 aromatic carbocycles. The quantitative estimate of drug-likeness (QED) is 0.456. The Morgan fingerprint density at radius 1 is 0.878 bits per heavy atom. The molecule has 232 valence electrons. The molecule has 11 heteroatoms. The molecule has 0 bridgehead atoms. The minimum Gasteiger partial charge on any atom is -0.445 e. The van der Waals surface area contributed by atoms with Crippen LogP contribution in [0.4, 0.5) is 9.59 Å². The SMILES string of the molecule is C.C.CC12CN(C(=O)OCc3ccccc3)CCC1O2.C[C@@]1(O)CN(C(=O)OCc2ccccc2)CC[C@H]1N.N.O. The van der Waals surface area contributed by atoms with E-state index < -0.39 is 11.7 Å². The van der Waals surface area contributed by atoms with E-state index in [1.165, 1.54) is 4.90 Å². The number of nitrogens with two attached hydrogens (primary N) is 1. The molecule has 41 heavy (non-hydrogen) atoms. The van der Waals surface area contributed by atoms with Crippen molar-refractivity contribution in [2.24, 2.45) is 5.73 Å². The van der Waals surface area contributed by atoms with Gasteiger partial charge in [0.05, 0.1) is 24.8 Å². The second kappa shape index (κ2) is 16.3. The van der Waals surface area contributed by atoms with E-state index in [9.17, 15) is 14.7 Å². The maximum absolute atomic E-state index is 11.9. The van der Waals surface area contributed by atoms with E-state index in [-0.39, 0.29) is 57.4 Å². The van der Waals surface area contributed by atoms with E-state index in [0.717, 1.165) is 24.1 Å². The van der Waals surface area contributed by atoms with Crippen LogP contribution >= 0.6 is 0 Å². The molecule has 3 heterocycles. The minimum atomic E-state index is -1.05. The molecule has 11 nitrogen and oxygen atoms in total. The van der Waals surface area contributed by atoms with Gasteiger partial charge in [-0.2, -0.15) is 0 Å². The van der Waals surface area contributed by atoms with Gasteiger partial charge in [0.2, 0.25) is 0 Å². The molecule has 3 aliphatic rings. The van der Waals surface area contributed by atoms with Crippen LogP contribution in [0, 0.1) is 0 Å². The number of hydrogen-bond acceptors (Lipinski definition) is 8. The van der Waals surface area contributed by atoms with Crippen molar-refractivity contribution in [2.75, 3.05) is 26.2 Å². The number of nitrogens with zero attached hydrogens (tertiary/aromatic N) is 2. The van der Waals surface area contributed by atoms with Crippen molar-refractivity contribution in [3.63, 3.8) is 0 Å². The number of hydrogen-bond donors (Lipinski definition) is 3. The smallest absolute Gasteiger partial charge is 0.410 e. The number of epoxide rings is 1. The van der Waals surface area contributed by atoms with E-state index in [1.807, 2.05) is 67.6 Å². The van der Waals surface area contributed by atoms with E-state index in [1.54, 1.807) is 11.8 Å². The first-order valence-corrected chi connectivity index (χ1v) is 12.7. The minimum absolute atomic E-state index is 0. The monoisotopic (exact) mass is 578 g/mol. The summed E-state index contributed by atoms with van der Waals surface area (Å²) in [6, 6.07) is 18.9. The third-order valence-corrected chi connectivity index (χ3v) is 7.15. The van der Waals surface area contributed by atoms with Crippen molar-refractivity contribution in [1.82, 2.24) is 16.0 Å². The lowest BCUT2D eigenvalue weighted by atomic mass is 9.90. The van der Waals surface area contributed by atoms with Crippen LogP contribution in [-0.4, -0.2) is 82.1 Å². The van der Waals surface area contributed by atoms with Gasteiger partial charge in [0.1, 0.15) is 18.8 Å². The lowest BCUT2D eigenvalue weighted by molar-refractivity contribution is -0.0314. The summed E-state index contributed by atoms with van der Waals surface area (Å²) >= 11 is 0. The average molecular weight is 579 g/mol. The van der Waals surface area contributed by atoms with E-state index in [4.69, 9.17) is 19.9 Å². The third-order valence-electron chi connectivity index (χ3n) is 7.15. The van der Waals surface area contributed by atoms with Gasteiger partial charge in [0.15, 0.2) is 0 Å². The number of aliphatic hydroxyl groups is 1. The lowest BCUT2D eigenvalue weighted by Gasteiger charge is -2.40. The predicted octanol–water partition coefficient (Wildman–Crippen LogP) is 3.90. The maximum Gasteiger partial charge on any atom is 0.410 e. The number of benzene rings is 2. The molecule has 0 radical (unpaired) electrons. The number of piperidine rings is 2. The Kier molecular flexibility index (Phi) is 15.0. The number of β-amino-alcohol motifs (C(OH)–C–C–N with tert-alkyl or cyclic N) is 1. The first-order valence-electron chi connectivity index (χ1n) is 12.7. The van der Waals surface area contributed by atoms with Crippen molar-refractivity contribution in [3.05, 3.63) is 71.8 Å². The molecule has 5 rings (SSSR count). The Morgan fingerprint density at radius 2 is 1.32 bits per heavy atom. The van der Waals surface area contributed by atoms with Crippen molar-refractivity contribution in [1.29, 1.82) is 0 Å². The fourth-order valence-corrected chi connectivity index (χ4v) is 4.65. The molecule has 2 aromatic rings. The Morgan fingerprint density at radius 3 is 1.76 bits per heavy atom. The Bertz CT molecular complexity index is 1060. The van der Waals surface area contributed by atoms with Gasteiger partial charge in [-0.15, -0.1) is 0 Å². The Hall–Kier alpha value is -3.22. The zero-order chi connectivity index (χ0) is 26.5. The van der Waals surface area contributed by atoms with Crippen molar-refractivity contribution >= 4 is 12.2 Å². The number of ether oxygens (including phenoxy) is 3. The first kappa shape index (κ1) is 37.8. The molecule has 3 saturated heterocycles. The summed E-state index contributed by atoms with van der Waals surface area (Å²) in [5, 5.41) is 10.1. The van der Waals surface area contributed by atoms with Gasteiger partial charge in [-0.3, -0.25) is 0 Å². The molecule has 0 aromatic heterocycles. The van der Waals surface area contributed by atoms with E-state index in [2.05, 4.69) is 0 Å². The van der Waals surface area contributed by atoms with E-state index >= 15 is 0 Å². The first-order chi connectivity index (χ1) is 17.7. The number of amides is 2. The highest BCUT2D eigenvalue weighted by Crippen LogP contribution is 2.42. The molecule has 0 spiro atoms. The summed E-state index contributed by atoms with van der Waals surface area (Å²) in [5.74, 6) is 0. The molecule has 0 saturated carbocycles. The van der Waals surface area contributed by atoms with Crippen LogP contribution in [0.15, 0.2) is 60.7 Å². The molecule has 2 amide bonds. The number of carbonyl (C=O) groups is 2. The summed E-state index contributed by atoms with van der Waals surface area (Å²) in [6.45, 7) is 6.37. The average Bonchev–Trinajstić information content (AvgIpc) is 3.59. The number of carbonyl (C=O) groups excluding carboxylic acids is 2. The van der Waals surface area contributed by atoms with Crippen LogP contribution in [0.25, 0.3) is 0 Å². The van der Waals surface area contributed by atoms with Crippen LogP contribution < -0.4 is 11.9 Å². The van der Waals surface area contributed by atoms with Crippen molar-refractivity contribution in [2.45, 2.75) is 78.1 Å². The van der Waals surface area contributed by atoms with E-state index in [0.29, 0.717) is 32.2 Å². The zero-order valence-corrected chi connectivity index (χ0v) is 22.8. The highest BCUT2D eigenvalue weighted by Gasteiger charge is 2.56. The fraction of sp³-hybridized carbons (Fsp3) is 0.533. The van der Waals surface area contributed by atoms with Crippen LogP contribution in [0.5, 0.6) is 0 Å². The van der Waals surface area contributed by atoms with Crippen LogP contribution in [0.1, 0.15) is 52.7 Å². The van der Waals surface area contributed by atoms with Crippen LogP contribution in [0.2, 0.25) is 0 Å². The molecular formula is C30H50N4O7. The predicted molar refractivity (Wildman–Crippen MR) is 160 cm³/mol. The van der Waals surface area contributed by atoms with Crippen molar-refractivity contribution in [3.8, 4) is 0 Å². The Labute approximate surface area is 244 Å². The molecule has 4 atom stereocenters. The van der Waals surface area contributed by atoms with Gasteiger partial charge in [0, 0.05) is 19.1 Å². The molecule has 3 aliphatic heterocycles. The largest absolute Gasteiger partial charge is 0.445 e. The molecular weight excluding hydrogens is 528 g/mol. The number of fused-ring (bicyclic) bond motifs is 1. The summed E-state index contributed by atoms with van der Waals surface area (Å²) in [7, 11) is 0. The summed E-state index contributed by atoms with van der Waals surface area (Å²) in [4.78, 5) is 27.1. The normalized spacial score (nSPS) is 25.6. The molecule has 0 aliphatic carbocycles. The van der Waals surface area contributed by atoms with Crippen molar-refractivity contribution < 1.29 is 34.4 Å². The summed E-state index contributed by atoms with van der Waals surface area (Å²) < 4.78 is 16.1. The zero-order valence-electron chi connectivity index (χ0n) is 22.8. The third kappa shape index (κ3) is 10.3. The standard InChI is InChI=1S/C14H20N2O3.C14H17NO3.2CH4.H3N.H2O/c1-14(18)10-16(8-7-12(14)15)13(17)19-9-11-5-3-2-4-6-11;1-14-10-15(8-7-12(14)18-14)13(16)17-9-11-5-3-2-4-6-11;;;;/h2-6,12,18H,7-10,15H2,1H3;2-6,12H,7-10H2,1H3;2*1H4;1H3;1H2/t12-,14-;;;;;/m1...../s1. The van der Waals surface area contributed by atoms with Gasteiger partial charge in [0.25, 0.3) is 0 Å². The maximum atomic E-state index is 11.9. The number of likely N-dealkylation sites (tertiary alicyclic amines) is 2. The number of rotatable bonds is 4. The summed E-state index contributed by atoms with van der Waals surface area (Å²) in [5.41, 5.74) is 6.59. The highest BCUT2D eigenvalue weighted by atomic mass is 16.6. The van der Waals surface area contributed by atoms with Gasteiger partial charge in [-0.05, 0) is 37.8 Å². The van der Waals surface area contributed by atoms with Gasteiger partial charge in [-0.1, -0.05) is 75.5 Å².